The first-order chi connectivity index (χ1) is 16.3. The molecular formula is C26H32N3O5+. The lowest BCUT2D eigenvalue weighted by atomic mass is 9.80. The highest BCUT2D eigenvalue weighted by Crippen LogP contribution is 2.39. The lowest BCUT2D eigenvalue weighted by molar-refractivity contribution is -0.825. The van der Waals surface area contributed by atoms with Crippen molar-refractivity contribution in [2.24, 2.45) is 0 Å². The van der Waals surface area contributed by atoms with E-state index in [0.717, 1.165) is 12.0 Å². The topological polar surface area (TPSA) is 105 Å². The number of nitrogens with one attached hydrogen (secondary N) is 1. The summed E-state index contributed by atoms with van der Waals surface area (Å²) in [6.45, 7) is 5.05. The Bertz CT molecular complexity index is 1090. The summed E-state index contributed by atoms with van der Waals surface area (Å²) < 4.78 is 10.7. The molecule has 1 aliphatic heterocycles. The monoisotopic (exact) mass is 466 g/mol. The average Bonchev–Trinajstić information content (AvgIpc) is 2.83. The highest BCUT2D eigenvalue weighted by Gasteiger charge is 2.38. The number of benzene rings is 2. The van der Waals surface area contributed by atoms with E-state index in [2.05, 4.69) is 22.3 Å². The predicted molar refractivity (Wildman–Crippen MR) is 127 cm³/mol. The molecule has 1 unspecified atom stereocenters. The van der Waals surface area contributed by atoms with Gasteiger partial charge in [-0.05, 0) is 32.0 Å². The summed E-state index contributed by atoms with van der Waals surface area (Å²) in [5.41, 5.74) is 5.28. The molecular weight excluding hydrogens is 434 g/mol. The van der Waals surface area contributed by atoms with Crippen LogP contribution in [0.5, 0.6) is 0 Å². The van der Waals surface area contributed by atoms with Crippen LogP contribution in [0.2, 0.25) is 0 Å². The van der Waals surface area contributed by atoms with Gasteiger partial charge in [0.1, 0.15) is 6.61 Å². The normalized spacial score (nSPS) is 15.9. The minimum atomic E-state index is -0.692. The minimum absolute atomic E-state index is 0.201. The molecule has 8 heteroatoms. The molecule has 0 bridgehead atoms. The van der Waals surface area contributed by atoms with Crippen molar-refractivity contribution in [1.29, 1.82) is 0 Å². The first-order valence-electron chi connectivity index (χ1n) is 11.1. The summed E-state index contributed by atoms with van der Waals surface area (Å²) in [4.78, 5) is 28.1. The summed E-state index contributed by atoms with van der Waals surface area (Å²) in [7, 11) is 3.28. The van der Waals surface area contributed by atoms with Crippen molar-refractivity contribution in [1.82, 2.24) is 10.2 Å². The summed E-state index contributed by atoms with van der Waals surface area (Å²) in [5, 5.41) is 12.6. The second-order valence-electron chi connectivity index (χ2n) is 8.29. The number of hydrogen-bond donors (Lipinski definition) is 3. The number of ether oxygens (including phenoxy) is 2. The lowest BCUT2D eigenvalue weighted by Gasteiger charge is -2.30. The fourth-order valence-electron chi connectivity index (χ4n) is 4.14. The molecule has 0 aliphatic carbocycles. The van der Waals surface area contributed by atoms with Crippen LogP contribution >= 0.6 is 0 Å². The molecule has 2 aromatic rings. The second kappa shape index (κ2) is 11.6. The number of nitrogens with zero attached hydrogens (tertiary/aromatic N) is 1. The van der Waals surface area contributed by atoms with Crippen LogP contribution in [0.1, 0.15) is 30.9 Å². The molecule has 0 saturated carbocycles. The molecule has 0 fully saturated rings. The molecule has 3 rings (SSSR count). The number of dihydropyridines is 1. The Hall–Kier alpha value is -3.46. The van der Waals surface area contributed by atoms with Crippen molar-refractivity contribution in [3.8, 4) is 0 Å². The number of hydrogen-bond acceptors (Lipinski definition) is 7. The van der Waals surface area contributed by atoms with E-state index in [1.165, 1.54) is 12.7 Å². The second-order valence-corrected chi connectivity index (χ2v) is 8.29. The summed E-state index contributed by atoms with van der Waals surface area (Å²) in [5.74, 6) is -1.73. The molecule has 4 N–H and O–H groups in total. The molecule has 1 heterocycles. The number of carbonyl (C=O) groups is 2. The quantitative estimate of drug-likeness (QED) is 0.296. The number of esters is 2. The van der Waals surface area contributed by atoms with Gasteiger partial charge in [-0.25, -0.2) is 14.8 Å². The summed E-state index contributed by atoms with van der Waals surface area (Å²) in [6.07, 6.45) is 0. The zero-order valence-corrected chi connectivity index (χ0v) is 20.0. The third kappa shape index (κ3) is 5.91. The Balaban J connectivity index is 1.81. The van der Waals surface area contributed by atoms with Crippen LogP contribution in [0.3, 0.4) is 0 Å². The number of quaternary nitrogens is 1. The number of methoxy groups -OCH3 is 1. The van der Waals surface area contributed by atoms with Crippen molar-refractivity contribution in [2.75, 3.05) is 27.3 Å². The van der Waals surface area contributed by atoms with Gasteiger partial charge < -0.3 is 14.8 Å². The van der Waals surface area contributed by atoms with Crippen LogP contribution in [0.15, 0.2) is 77.1 Å². The number of carbonyl (C=O) groups excluding carboxylic acids is 2. The van der Waals surface area contributed by atoms with Gasteiger partial charge in [-0.2, -0.15) is 5.48 Å². The standard InChI is InChI=1S/C26H31N3O5/c1-17-22(25(30)33-4)24(20-11-8-12-21(15-20)28-32)23(18(2)27-17)26(31)34-14-13-29(3)16-19-9-6-5-7-10-19/h5-12,15,24,27-28,32H,13-14,16H2,1-4H3/p+1. The van der Waals surface area contributed by atoms with Crippen molar-refractivity contribution in [3.63, 3.8) is 0 Å². The van der Waals surface area contributed by atoms with Gasteiger partial charge in [0.05, 0.1) is 24.2 Å². The maximum absolute atomic E-state index is 13.3. The molecule has 0 saturated heterocycles. The number of allylic oxidation sites excluding steroid dienone is 2. The van der Waals surface area contributed by atoms with Crippen LogP contribution in [0.4, 0.5) is 5.69 Å². The van der Waals surface area contributed by atoms with E-state index < -0.39 is 17.9 Å². The Morgan fingerprint density at radius 2 is 1.71 bits per heavy atom. The molecule has 8 nitrogen and oxygen atoms in total. The first-order valence-corrected chi connectivity index (χ1v) is 11.1. The number of nitrogens with two attached hydrogens (primary N) is 1. The van der Waals surface area contributed by atoms with Crippen LogP contribution in [0, 0.1) is 0 Å². The minimum Gasteiger partial charge on any atom is -0.466 e. The summed E-state index contributed by atoms with van der Waals surface area (Å²) >= 11 is 0. The zero-order valence-electron chi connectivity index (χ0n) is 20.0. The average molecular weight is 467 g/mol. The van der Waals surface area contributed by atoms with Crippen LogP contribution in [-0.2, 0) is 25.6 Å². The molecule has 0 radical (unpaired) electrons. The first kappa shape index (κ1) is 25.2. The molecule has 0 aromatic heterocycles. The Morgan fingerprint density at radius 3 is 2.35 bits per heavy atom. The van der Waals surface area contributed by atoms with Gasteiger partial charge in [-0.1, -0.05) is 42.5 Å². The van der Waals surface area contributed by atoms with Gasteiger partial charge in [0.2, 0.25) is 0 Å². The van der Waals surface area contributed by atoms with Gasteiger partial charge in [-0.3, -0.25) is 4.90 Å². The highest BCUT2D eigenvalue weighted by molar-refractivity contribution is 5.99. The van der Waals surface area contributed by atoms with Crippen molar-refractivity contribution in [2.45, 2.75) is 26.3 Å². The largest absolute Gasteiger partial charge is 0.466 e. The number of likely N-dealkylation sites (N-methyl/N-ethyl adjacent to an activating group) is 1. The third-order valence-electron chi connectivity index (χ3n) is 5.78. The Labute approximate surface area is 199 Å². The molecule has 1 aliphatic rings. The molecule has 1 atom stereocenters. The predicted octanol–water partition coefficient (Wildman–Crippen LogP) is 2.35. The smallest absolute Gasteiger partial charge is 0.336 e. The van der Waals surface area contributed by atoms with Crippen molar-refractivity contribution >= 4 is 17.6 Å². The van der Waals surface area contributed by atoms with E-state index in [9.17, 15) is 14.8 Å². The van der Waals surface area contributed by atoms with Crippen LogP contribution in [0.25, 0.3) is 0 Å². The highest BCUT2D eigenvalue weighted by atomic mass is 16.5. The summed E-state index contributed by atoms with van der Waals surface area (Å²) in [6, 6.07) is 17.1. The maximum atomic E-state index is 13.3. The van der Waals surface area contributed by atoms with Gasteiger partial charge in [0.25, 0.3) is 0 Å². The van der Waals surface area contributed by atoms with E-state index in [1.807, 2.05) is 31.3 Å². The van der Waals surface area contributed by atoms with E-state index in [4.69, 9.17) is 9.47 Å². The number of rotatable bonds is 9. The lowest BCUT2D eigenvalue weighted by Crippen LogP contribution is -2.73. The SMILES string of the molecule is COC(=O)C1=C(C)NC(C)=C(C(=O)OCCN(C)Cc2ccccc2)C1c1cccc([NH2+]O)c1. The van der Waals surface area contributed by atoms with Crippen molar-refractivity contribution in [3.05, 3.63) is 88.3 Å². The van der Waals surface area contributed by atoms with E-state index in [0.29, 0.717) is 40.3 Å². The Morgan fingerprint density at radius 1 is 1.03 bits per heavy atom. The zero-order chi connectivity index (χ0) is 24.7. The molecule has 180 valence electrons. The van der Waals surface area contributed by atoms with E-state index >= 15 is 0 Å². The molecule has 34 heavy (non-hydrogen) atoms. The maximum Gasteiger partial charge on any atom is 0.336 e. The van der Waals surface area contributed by atoms with Crippen molar-refractivity contribution < 1.29 is 29.8 Å². The van der Waals surface area contributed by atoms with Gasteiger partial charge >= 0.3 is 11.9 Å². The fourth-order valence-corrected chi connectivity index (χ4v) is 4.14. The molecule has 2 aromatic carbocycles. The van der Waals surface area contributed by atoms with Crippen LogP contribution < -0.4 is 10.8 Å². The van der Waals surface area contributed by atoms with E-state index in [1.54, 1.807) is 32.0 Å². The fraction of sp³-hybridized carbons (Fsp3) is 0.308. The Kier molecular flexibility index (Phi) is 8.59. The van der Waals surface area contributed by atoms with E-state index in [-0.39, 0.29) is 6.61 Å². The molecule has 0 spiro atoms. The molecule has 0 amide bonds. The van der Waals surface area contributed by atoms with Gasteiger partial charge in [0.15, 0.2) is 5.69 Å². The van der Waals surface area contributed by atoms with Crippen LogP contribution in [-0.4, -0.2) is 49.4 Å². The third-order valence-corrected chi connectivity index (χ3v) is 5.78. The van der Waals surface area contributed by atoms with Gasteiger partial charge in [0, 0.05) is 36.6 Å². The van der Waals surface area contributed by atoms with Gasteiger partial charge in [-0.15, -0.1) is 0 Å².